The van der Waals surface area contributed by atoms with Crippen LogP contribution in [0.25, 0.3) is 0 Å². The number of carbonyl (C=O) groups excluding carboxylic acids is 1. The van der Waals surface area contributed by atoms with Crippen molar-refractivity contribution < 1.29 is 24.5 Å². The van der Waals surface area contributed by atoms with Gasteiger partial charge in [-0.3, -0.25) is 34.7 Å². The Morgan fingerprint density at radius 1 is 1.00 bits per heavy atom. The van der Waals surface area contributed by atoms with Crippen LogP contribution in [0.1, 0.15) is 10.4 Å². The number of amides is 1. The first-order chi connectivity index (χ1) is 11.8. The molecule has 0 aliphatic carbocycles. The number of hydrogen-bond acceptors (Lipinski definition) is 6. The molecule has 0 spiro atoms. The molecule has 2 rings (SSSR count). The van der Waals surface area contributed by atoms with E-state index in [1.54, 1.807) is 18.2 Å². The molecule has 1 N–H and O–H groups in total. The number of nitro groups is 2. The van der Waals surface area contributed by atoms with Crippen molar-refractivity contribution in [3.8, 4) is 0 Å². The van der Waals surface area contributed by atoms with Crippen LogP contribution in [0.2, 0.25) is 0 Å². The summed E-state index contributed by atoms with van der Waals surface area (Å²) >= 11 is 0. The molecule has 1 amide bonds. The van der Waals surface area contributed by atoms with Gasteiger partial charge >= 0.3 is 5.97 Å². The number of aliphatic carboxylic acids is 1. The molecule has 0 saturated carbocycles. The predicted molar refractivity (Wildman–Crippen MR) is 85.5 cm³/mol. The van der Waals surface area contributed by atoms with E-state index in [2.05, 4.69) is 0 Å². The van der Waals surface area contributed by atoms with E-state index < -0.39 is 45.2 Å². The van der Waals surface area contributed by atoms with Crippen LogP contribution in [-0.4, -0.2) is 33.4 Å². The molecule has 128 valence electrons. The van der Waals surface area contributed by atoms with Crippen LogP contribution in [0.3, 0.4) is 0 Å². The molecule has 0 fully saturated rings. The van der Waals surface area contributed by atoms with Crippen molar-refractivity contribution in [2.75, 3.05) is 11.4 Å². The minimum atomic E-state index is -1.32. The summed E-state index contributed by atoms with van der Waals surface area (Å²) in [5.41, 5.74) is -1.54. The average Bonchev–Trinajstić information content (AvgIpc) is 2.59. The van der Waals surface area contributed by atoms with Crippen LogP contribution in [0.5, 0.6) is 0 Å². The first-order valence-corrected chi connectivity index (χ1v) is 6.83. The number of hydrogen-bond donors (Lipinski definition) is 1. The molecular weight excluding hydrogens is 334 g/mol. The van der Waals surface area contributed by atoms with Crippen LogP contribution in [0.15, 0.2) is 48.5 Å². The highest BCUT2D eigenvalue weighted by atomic mass is 16.6. The van der Waals surface area contributed by atoms with Crippen molar-refractivity contribution in [2.45, 2.75) is 0 Å². The number of anilines is 1. The highest BCUT2D eigenvalue weighted by Gasteiger charge is 2.29. The van der Waals surface area contributed by atoms with Crippen molar-refractivity contribution in [2.24, 2.45) is 0 Å². The third kappa shape index (κ3) is 3.93. The zero-order valence-corrected chi connectivity index (χ0v) is 12.6. The molecule has 0 aliphatic rings. The fraction of sp³-hybridized carbons (Fsp3) is 0.0667. The summed E-state index contributed by atoms with van der Waals surface area (Å²) in [6.07, 6.45) is 0. The predicted octanol–water partition coefficient (Wildman–Crippen LogP) is 2.23. The molecular formula is C15H11N3O7. The third-order valence-electron chi connectivity index (χ3n) is 3.23. The van der Waals surface area contributed by atoms with E-state index in [4.69, 9.17) is 5.11 Å². The monoisotopic (exact) mass is 345 g/mol. The van der Waals surface area contributed by atoms with Gasteiger partial charge < -0.3 is 5.11 Å². The third-order valence-corrected chi connectivity index (χ3v) is 3.23. The minimum absolute atomic E-state index is 0.225. The number of carboxylic acid groups (broad SMARTS) is 1. The summed E-state index contributed by atoms with van der Waals surface area (Å²) in [6.45, 7) is -0.725. The van der Waals surface area contributed by atoms with Gasteiger partial charge in [-0.1, -0.05) is 18.2 Å². The minimum Gasteiger partial charge on any atom is -0.480 e. The molecule has 2 aromatic carbocycles. The molecule has 0 saturated heterocycles. The van der Waals surface area contributed by atoms with Crippen molar-refractivity contribution in [3.05, 3.63) is 74.3 Å². The highest BCUT2D eigenvalue weighted by molar-refractivity contribution is 6.10. The second-order valence-corrected chi connectivity index (χ2v) is 4.84. The Labute approximate surface area is 140 Å². The maximum Gasteiger partial charge on any atom is 0.323 e. The van der Waals surface area contributed by atoms with E-state index in [9.17, 15) is 29.8 Å². The van der Waals surface area contributed by atoms with Crippen molar-refractivity contribution in [1.29, 1.82) is 0 Å². The molecule has 0 aliphatic heterocycles. The van der Waals surface area contributed by atoms with Gasteiger partial charge in [-0.05, 0) is 18.2 Å². The largest absolute Gasteiger partial charge is 0.480 e. The first-order valence-electron chi connectivity index (χ1n) is 6.83. The van der Waals surface area contributed by atoms with E-state index in [1.807, 2.05) is 0 Å². The molecule has 10 heteroatoms. The maximum atomic E-state index is 12.7. The molecule has 0 heterocycles. The molecule has 0 atom stereocenters. The lowest BCUT2D eigenvalue weighted by Gasteiger charge is -2.20. The Kier molecular flexibility index (Phi) is 5.03. The van der Waals surface area contributed by atoms with Gasteiger partial charge in [0.05, 0.1) is 15.9 Å². The summed E-state index contributed by atoms with van der Waals surface area (Å²) < 4.78 is 0. The number of nitrogens with zero attached hydrogens (tertiary/aromatic N) is 3. The summed E-state index contributed by atoms with van der Waals surface area (Å²) in [7, 11) is 0. The number of carboxylic acids is 1. The number of rotatable bonds is 6. The summed E-state index contributed by atoms with van der Waals surface area (Å²) in [5, 5.41) is 31.0. The van der Waals surface area contributed by atoms with Crippen LogP contribution in [0.4, 0.5) is 17.1 Å². The summed E-state index contributed by atoms with van der Waals surface area (Å²) in [5.74, 6) is -2.27. The van der Waals surface area contributed by atoms with E-state index in [0.29, 0.717) is 6.07 Å². The normalized spacial score (nSPS) is 10.1. The fourth-order valence-electron chi connectivity index (χ4n) is 2.13. The van der Waals surface area contributed by atoms with Crippen molar-refractivity contribution in [3.63, 3.8) is 0 Å². The number of carbonyl (C=O) groups is 2. The molecule has 10 nitrogen and oxygen atoms in total. The van der Waals surface area contributed by atoms with Gasteiger partial charge in [0.1, 0.15) is 12.1 Å². The SMILES string of the molecule is O=C(O)CN(C(=O)c1ccc([N+](=O)[O-])cc1[N+](=O)[O-])c1ccccc1. The van der Waals surface area contributed by atoms with Crippen LogP contribution in [0, 0.1) is 20.2 Å². The van der Waals surface area contributed by atoms with Gasteiger partial charge in [0.25, 0.3) is 17.3 Å². The molecule has 0 aromatic heterocycles. The van der Waals surface area contributed by atoms with E-state index >= 15 is 0 Å². The van der Waals surface area contributed by atoms with Crippen LogP contribution in [-0.2, 0) is 4.79 Å². The molecule has 2 aromatic rings. The summed E-state index contributed by atoms with van der Waals surface area (Å²) in [6, 6.07) is 10.3. The lowest BCUT2D eigenvalue weighted by molar-refractivity contribution is -0.394. The van der Waals surface area contributed by atoms with Gasteiger partial charge in [-0.25, -0.2) is 0 Å². The molecule has 0 radical (unpaired) electrons. The number of non-ortho nitro benzene ring substituents is 1. The van der Waals surface area contributed by atoms with Crippen LogP contribution >= 0.6 is 0 Å². The smallest absolute Gasteiger partial charge is 0.323 e. The Bertz CT molecular complexity index is 851. The fourth-order valence-corrected chi connectivity index (χ4v) is 2.13. The van der Waals surface area contributed by atoms with Crippen molar-refractivity contribution >= 4 is 28.9 Å². The zero-order valence-electron chi connectivity index (χ0n) is 12.6. The molecule has 25 heavy (non-hydrogen) atoms. The second kappa shape index (κ2) is 7.17. The van der Waals surface area contributed by atoms with E-state index in [1.165, 1.54) is 12.1 Å². The van der Waals surface area contributed by atoms with Crippen molar-refractivity contribution in [1.82, 2.24) is 0 Å². The van der Waals surface area contributed by atoms with Gasteiger partial charge in [-0.2, -0.15) is 0 Å². The zero-order chi connectivity index (χ0) is 18.6. The molecule has 0 bridgehead atoms. The quantitative estimate of drug-likeness (QED) is 0.624. The highest BCUT2D eigenvalue weighted by Crippen LogP contribution is 2.27. The Hall–Kier alpha value is -3.82. The number of nitro benzene ring substituents is 2. The standard InChI is InChI=1S/C15H11N3O7/c19-14(20)9-16(10-4-2-1-3-5-10)15(21)12-7-6-11(17(22)23)8-13(12)18(24)25/h1-8H,9H2,(H,19,20). The number of para-hydroxylation sites is 1. The Balaban J connectivity index is 2.54. The van der Waals surface area contributed by atoms with Gasteiger partial charge in [0.2, 0.25) is 0 Å². The lowest BCUT2D eigenvalue weighted by atomic mass is 10.1. The lowest BCUT2D eigenvalue weighted by Crippen LogP contribution is -2.36. The second-order valence-electron chi connectivity index (χ2n) is 4.84. The summed E-state index contributed by atoms with van der Waals surface area (Å²) in [4.78, 5) is 44.8. The Morgan fingerprint density at radius 3 is 2.16 bits per heavy atom. The van der Waals surface area contributed by atoms with Gasteiger partial charge in [0, 0.05) is 11.8 Å². The van der Waals surface area contributed by atoms with Crippen LogP contribution < -0.4 is 4.90 Å². The average molecular weight is 345 g/mol. The topological polar surface area (TPSA) is 144 Å². The number of benzene rings is 2. The van der Waals surface area contributed by atoms with E-state index in [0.717, 1.165) is 17.0 Å². The van der Waals surface area contributed by atoms with Gasteiger partial charge in [0.15, 0.2) is 0 Å². The van der Waals surface area contributed by atoms with Gasteiger partial charge in [-0.15, -0.1) is 0 Å². The first kappa shape index (κ1) is 17.5. The molecule has 0 unspecified atom stereocenters. The Morgan fingerprint density at radius 2 is 1.64 bits per heavy atom. The van der Waals surface area contributed by atoms with E-state index in [-0.39, 0.29) is 5.69 Å². The maximum absolute atomic E-state index is 12.7.